The molecule has 2 unspecified atom stereocenters. The minimum Gasteiger partial charge on any atom is -0.481 e. The average molecular weight is 375 g/mol. The van der Waals surface area contributed by atoms with Gasteiger partial charge in [0.1, 0.15) is 0 Å². The van der Waals surface area contributed by atoms with Gasteiger partial charge in [0.15, 0.2) is 0 Å². The Hall–Kier alpha value is -1.86. The second kappa shape index (κ2) is 8.02. The standard InChI is InChI=1S/C20H29N3O4/c1-25-19-18(4-3-7-21-19)14-5-8-22(9-6-14)15-10-16-12-27-13-17(11-15)23(16)20(24)26-2/h3-4,7,14-17H,5-6,8-13H2,1-2H3. The molecule has 27 heavy (non-hydrogen) atoms. The minimum atomic E-state index is -0.214. The number of likely N-dealkylation sites (tertiary alicyclic amines) is 1. The summed E-state index contributed by atoms with van der Waals surface area (Å²) in [5.74, 6) is 1.26. The first-order valence-corrected chi connectivity index (χ1v) is 9.88. The zero-order chi connectivity index (χ0) is 18.8. The molecule has 0 spiro atoms. The fourth-order valence-corrected chi connectivity index (χ4v) is 5.05. The SMILES string of the molecule is COC(=O)N1C2COCC1CC(N1CCC(c3cccnc3OC)CC1)C2. The zero-order valence-electron chi connectivity index (χ0n) is 16.2. The maximum Gasteiger partial charge on any atom is 0.410 e. The Labute approximate surface area is 160 Å². The van der Waals surface area contributed by atoms with Gasteiger partial charge in [-0.2, -0.15) is 0 Å². The van der Waals surface area contributed by atoms with Crippen LogP contribution in [0.2, 0.25) is 0 Å². The lowest BCUT2D eigenvalue weighted by Gasteiger charge is -2.50. The van der Waals surface area contributed by atoms with Gasteiger partial charge in [-0.1, -0.05) is 6.07 Å². The number of hydrogen-bond donors (Lipinski definition) is 0. The molecule has 148 valence electrons. The van der Waals surface area contributed by atoms with Gasteiger partial charge in [0, 0.05) is 17.8 Å². The van der Waals surface area contributed by atoms with E-state index in [-0.39, 0.29) is 18.2 Å². The summed E-state index contributed by atoms with van der Waals surface area (Å²) in [5.41, 5.74) is 1.23. The van der Waals surface area contributed by atoms with Crippen LogP contribution >= 0.6 is 0 Å². The summed E-state index contributed by atoms with van der Waals surface area (Å²) in [6.45, 7) is 3.38. The van der Waals surface area contributed by atoms with Crippen LogP contribution in [-0.4, -0.2) is 79.5 Å². The highest BCUT2D eigenvalue weighted by molar-refractivity contribution is 5.68. The highest BCUT2D eigenvalue weighted by atomic mass is 16.5. The fourth-order valence-electron chi connectivity index (χ4n) is 5.05. The van der Waals surface area contributed by atoms with Crippen molar-refractivity contribution < 1.29 is 19.0 Å². The molecule has 0 radical (unpaired) electrons. The third-order valence-corrected chi connectivity index (χ3v) is 6.36. The molecule has 4 heterocycles. The second-order valence-electron chi connectivity index (χ2n) is 7.76. The van der Waals surface area contributed by atoms with E-state index in [4.69, 9.17) is 14.2 Å². The Bertz CT molecular complexity index is 648. The first-order chi connectivity index (χ1) is 13.2. The lowest BCUT2D eigenvalue weighted by atomic mass is 9.85. The molecule has 3 aliphatic rings. The number of fused-ring (bicyclic) bond motifs is 2. The maximum atomic E-state index is 12.1. The molecule has 2 atom stereocenters. The van der Waals surface area contributed by atoms with E-state index < -0.39 is 0 Å². The summed E-state index contributed by atoms with van der Waals surface area (Å²) >= 11 is 0. The van der Waals surface area contributed by atoms with E-state index in [1.165, 1.54) is 12.7 Å². The van der Waals surface area contributed by atoms with Crippen molar-refractivity contribution in [2.75, 3.05) is 40.5 Å². The Balaban J connectivity index is 1.38. The molecule has 0 saturated carbocycles. The van der Waals surface area contributed by atoms with Crippen molar-refractivity contribution in [1.29, 1.82) is 0 Å². The number of nitrogens with zero attached hydrogens (tertiary/aromatic N) is 3. The van der Waals surface area contributed by atoms with Crippen LogP contribution in [0.15, 0.2) is 18.3 Å². The van der Waals surface area contributed by atoms with Crippen molar-refractivity contribution >= 4 is 6.09 Å². The third kappa shape index (κ3) is 3.62. The lowest BCUT2D eigenvalue weighted by Crippen LogP contribution is -2.62. The van der Waals surface area contributed by atoms with Crippen LogP contribution in [0.3, 0.4) is 0 Å². The third-order valence-electron chi connectivity index (χ3n) is 6.36. The van der Waals surface area contributed by atoms with Gasteiger partial charge in [0.05, 0.1) is 39.5 Å². The summed E-state index contributed by atoms with van der Waals surface area (Å²) in [4.78, 5) is 21.0. The smallest absolute Gasteiger partial charge is 0.410 e. The lowest BCUT2D eigenvalue weighted by molar-refractivity contribution is -0.0851. The summed E-state index contributed by atoms with van der Waals surface area (Å²) in [6, 6.07) is 4.91. The Kier molecular flexibility index (Phi) is 5.50. The number of ether oxygens (including phenoxy) is 3. The molecule has 1 aromatic rings. The first kappa shape index (κ1) is 18.5. The van der Waals surface area contributed by atoms with Gasteiger partial charge in [0.25, 0.3) is 0 Å². The van der Waals surface area contributed by atoms with E-state index in [9.17, 15) is 4.79 Å². The minimum absolute atomic E-state index is 0.131. The van der Waals surface area contributed by atoms with Crippen molar-refractivity contribution in [2.24, 2.45) is 0 Å². The van der Waals surface area contributed by atoms with E-state index in [2.05, 4.69) is 16.0 Å². The zero-order valence-corrected chi connectivity index (χ0v) is 16.2. The maximum absolute atomic E-state index is 12.1. The normalized spacial score (nSPS) is 29.4. The van der Waals surface area contributed by atoms with E-state index in [1.54, 1.807) is 13.3 Å². The number of carbonyl (C=O) groups is 1. The molecule has 7 heteroatoms. The molecule has 3 fully saturated rings. The second-order valence-corrected chi connectivity index (χ2v) is 7.76. The Morgan fingerprint density at radius 2 is 1.85 bits per heavy atom. The number of hydrogen-bond acceptors (Lipinski definition) is 6. The van der Waals surface area contributed by atoms with Crippen molar-refractivity contribution in [3.8, 4) is 5.88 Å². The molecule has 7 nitrogen and oxygen atoms in total. The molecule has 3 aliphatic heterocycles. The number of piperidine rings is 2. The van der Waals surface area contributed by atoms with E-state index >= 15 is 0 Å². The number of morpholine rings is 1. The van der Waals surface area contributed by atoms with Gasteiger partial charge in [0.2, 0.25) is 5.88 Å². The number of pyridine rings is 1. The van der Waals surface area contributed by atoms with Gasteiger partial charge in [-0.3, -0.25) is 4.90 Å². The average Bonchev–Trinajstić information content (AvgIpc) is 2.72. The van der Waals surface area contributed by atoms with Crippen molar-refractivity contribution in [3.63, 3.8) is 0 Å². The van der Waals surface area contributed by atoms with Crippen LogP contribution in [0.4, 0.5) is 4.79 Å². The van der Waals surface area contributed by atoms with Crippen LogP contribution in [0.1, 0.15) is 37.2 Å². The number of amides is 1. The van der Waals surface area contributed by atoms with Gasteiger partial charge >= 0.3 is 6.09 Å². The van der Waals surface area contributed by atoms with Gasteiger partial charge in [-0.15, -0.1) is 0 Å². The van der Waals surface area contributed by atoms with Crippen molar-refractivity contribution in [2.45, 2.75) is 49.7 Å². The van der Waals surface area contributed by atoms with Gasteiger partial charge in [-0.25, -0.2) is 9.78 Å². The van der Waals surface area contributed by atoms with E-state index in [1.807, 2.05) is 11.0 Å². The van der Waals surface area contributed by atoms with Crippen molar-refractivity contribution in [3.05, 3.63) is 23.9 Å². The van der Waals surface area contributed by atoms with Gasteiger partial charge < -0.3 is 19.1 Å². The molecule has 0 aliphatic carbocycles. The van der Waals surface area contributed by atoms with Crippen LogP contribution < -0.4 is 4.74 Å². The largest absolute Gasteiger partial charge is 0.481 e. The van der Waals surface area contributed by atoms with Crippen LogP contribution in [-0.2, 0) is 9.47 Å². The Morgan fingerprint density at radius 1 is 1.15 bits per heavy atom. The monoisotopic (exact) mass is 375 g/mol. The summed E-state index contributed by atoms with van der Waals surface area (Å²) in [5, 5.41) is 0. The molecule has 1 amide bonds. The molecule has 3 saturated heterocycles. The Morgan fingerprint density at radius 3 is 2.48 bits per heavy atom. The summed E-state index contributed by atoms with van der Waals surface area (Å²) < 4.78 is 16.1. The number of carbonyl (C=O) groups excluding carboxylic acids is 1. The van der Waals surface area contributed by atoms with Crippen LogP contribution in [0.25, 0.3) is 0 Å². The van der Waals surface area contributed by atoms with Crippen LogP contribution in [0.5, 0.6) is 5.88 Å². The highest BCUT2D eigenvalue weighted by Gasteiger charge is 2.44. The van der Waals surface area contributed by atoms with Crippen LogP contribution in [0, 0.1) is 0 Å². The number of rotatable bonds is 3. The molecule has 0 aromatic carbocycles. The number of methoxy groups -OCH3 is 2. The highest BCUT2D eigenvalue weighted by Crippen LogP contribution is 2.36. The molecule has 2 bridgehead atoms. The van der Waals surface area contributed by atoms with E-state index in [0.29, 0.717) is 25.2 Å². The molecular weight excluding hydrogens is 346 g/mol. The summed E-state index contributed by atoms with van der Waals surface area (Å²) in [6.07, 6.45) is 5.73. The first-order valence-electron chi connectivity index (χ1n) is 9.88. The van der Waals surface area contributed by atoms with E-state index in [0.717, 1.165) is 44.7 Å². The molecule has 1 aromatic heterocycles. The predicted molar refractivity (Wildman–Crippen MR) is 100.0 cm³/mol. The predicted octanol–water partition coefficient (Wildman–Crippen LogP) is 2.27. The van der Waals surface area contributed by atoms with Gasteiger partial charge in [-0.05, 0) is 50.8 Å². The summed E-state index contributed by atoms with van der Waals surface area (Å²) in [7, 11) is 3.15. The fraction of sp³-hybridized carbons (Fsp3) is 0.700. The topological polar surface area (TPSA) is 64.1 Å². The quantitative estimate of drug-likeness (QED) is 0.808. The van der Waals surface area contributed by atoms with Crippen molar-refractivity contribution in [1.82, 2.24) is 14.8 Å². The molecular formula is C20H29N3O4. The number of aromatic nitrogens is 1. The molecule has 4 rings (SSSR count). The molecule has 0 N–H and O–H groups in total.